The van der Waals surface area contributed by atoms with Crippen LogP contribution in [0.5, 0.6) is 0 Å². The second kappa shape index (κ2) is 9.76. The number of carbonyl (C=O) groups is 2. The lowest BCUT2D eigenvalue weighted by molar-refractivity contribution is -0.119. The van der Waals surface area contributed by atoms with Crippen LogP contribution in [0.3, 0.4) is 0 Å². The molecule has 0 saturated carbocycles. The number of nitrogens with zero attached hydrogens (tertiary/aromatic N) is 1. The maximum atomic E-state index is 12.8. The van der Waals surface area contributed by atoms with Crippen molar-refractivity contribution in [3.8, 4) is 0 Å². The number of aryl methyl sites for hydroxylation is 2. The molecule has 0 fully saturated rings. The third kappa shape index (κ3) is 5.33. The largest absolute Gasteiger partial charge is 0.457 e. The predicted molar refractivity (Wildman–Crippen MR) is 129 cm³/mol. The van der Waals surface area contributed by atoms with Crippen LogP contribution in [0.2, 0.25) is 0 Å². The van der Waals surface area contributed by atoms with Crippen LogP contribution in [0.4, 0.5) is 0 Å². The highest BCUT2D eigenvalue weighted by Crippen LogP contribution is 2.19. The van der Waals surface area contributed by atoms with E-state index in [4.69, 9.17) is 10.5 Å². The van der Waals surface area contributed by atoms with E-state index in [9.17, 15) is 9.59 Å². The summed E-state index contributed by atoms with van der Waals surface area (Å²) in [5.74, 6) is -0.410. The zero-order chi connectivity index (χ0) is 23.4. The standard InChI is InChI=1S/C28H26N2O3/c1-18-3-10-25(19(2)13-18)28(32)33-17-20-4-7-22(8-5-20)27(29)26(31)15-21-6-9-24-16-30-12-11-23(24)14-21/h3-14,16,27H,15,17,29H2,1-2H3. The van der Waals surface area contributed by atoms with Gasteiger partial charge in [0, 0.05) is 24.2 Å². The van der Waals surface area contributed by atoms with Crippen molar-refractivity contribution in [3.63, 3.8) is 0 Å². The minimum absolute atomic E-state index is 0.0579. The van der Waals surface area contributed by atoms with Crippen LogP contribution in [0, 0.1) is 13.8 Å². The van der Waals surface area contributed by atoms with Gasteiger partial charge < -0.3 is 10.5 Å². The molecular formula is C28H26N2O3. The fraction of sp³-hybridized carbons (Fsp3) is 0.179. The van der Waals surface area contributed by atoms with Gasteiger partial charge in [0.05, 0.1) is 11.6 Å². The monoisotopic (exact) mass is 438 g/mol. The molecule has 0 aliphatic rings. The molecule has 0 aliphatic carbocycles. The van der Waals surface area contributed by atoms with Gasteiger partial charge in [0.1, 0.15) is 6.61 Å². The van der Waals surface area contributed by atoms with Gasteiger partial charge in [-0.15, -0.1) is 0 Å². The highest BCUT2D eigenvalue weighted by molar-refractivity contribution is 5.91. The van der Waals surface area contributed by atoms with E-state index in [-0.39, 0.29) is 24.8 Å². The van der Waals surface area contributed by atoms with Crippen LogP contribution in [-0.2, 0) is 22.6 Å². The number of Topliss-reactive ketones (excluding diaryl/α,β-unsaturated/α-hetero) is 1. The van der Waals surface area contributed by atoms with Gasteiger partial charge in [-0.05, 0) is 53.6 Å². The number of hydrogen-bond donors (Lipinski definition) is 1. The first-order chi connectivity index (χ1) is 15.9. The minimum atomic E-state index is -0.718. The predicted octanol–water partition coefficient (Wildman–Crippen LogP) is 5.02. The molecule has 4 rings (SSSR count). The second-order valence-corrected chi connectivity index (χ2v) is 8.31. The van der Waals surface area contributed by atoms with Gasteiger partial charge in [0.15, 0.2) is 5.78 Å². The number of aromatic nitrogens is 1. The van der Waals surface area contributed by atoms with Crippen LogP contribution >= 0.6 is 0 Å². The van der Waals surface area contributed by atoms with Crippen molar-refractivity contribution in [2.24, 2.45) is 5.73 Å². The fourth-order valence-corrected chi connectivity index (χ4v) is 3.83. The molecule has 0 spiro atoms. The van der Waals surface area contributed by atoms with Crippen LogP contribution in [0.25, 0.3) is 10.8 Å². The summed E-state index contributed by atoms with van der Waals surface area (Å²) < 4.78 is 5.46. The quantitative estimate of drug-likeness (QED) is 0.410. The Morgan fingerprint density at radius 1 is 0.909 bits per heavy atom. The number of pyridine rings is 1. The summed E-state index contributed by atoms with van der Waals surface area (Å²) in [6.07, 6.45) is 3.79. The van der Waals surface area contributed by atoms with Crippen LogP contribution in [0.1, 0.15) is 44.2 Å². The average molecular weight is 439 g/mol. The Balaban J connectivity index is 1.36. The number of ketones is 1. The van der Waals surface area contributed by atoms with Gasteiger partial charge in [-0.3, -0.25) is 9.78 Å². The molecule has 0 radical (unpaired) electrons. The van der Waals surface area contributed by atoms with E-state index in [1.807, 2.05) is 74.5 Å². The van der Waals surface area contributed by atoms with E-state index in [0.717, 1.165) is 38.6 Å². The third-order valence-electron chi connectivity index (χ3n) is 5.74. The molecule has 1 aromatic heterocycles. The van der Waals surface area contributed by atoms with Crippen molar-refractivity contribution in [3.05, 3.63) is 113 Å². The fourth-order valence-electron chi connectivity index (χ4n) is 3.83. The molecule has 1 heterocycles. The van der Waals surface area contributed by atoms with Crippen LogP contribution < -0.4 is 5.73 Å². The zero-order valence-electron chi connectivity index (χ0n) is 18.7. The summed E-state index contributed by atoms with van der Waals surface area (Å²) in [6.45, 7) is 4.03. The molecule has 0 saturated heterocycles. The summed E-state index contributed by atoms with van der Waals surface area (Å²) in [4.78, 5) is 29.2. The lowest BCUT2D eigenvalue weighted by atomic mass is 9.96. The summed E-state index contributed by atoms with van der Waals surface area (Å²) in [5.41, 5.74) is 11.3. The van der Waals surface area contributed by atoms with Crippen molar-refractivity contribution < 1.29 is 14.3 Å². The Morgan fingerprint density at radius 3 is 2.42 bits per heavy atom. The van der Waals surface area contributed by atoms with Gasteiger partial charge >= 0.3 is 5.97 Å². The Bertz CT molecular complexity index is 1310. The van der Waals surface area contributed by atoms with Crippen molar-refractivity contribution in [1.29, 1.82) is 0 Å². The first kappa shape index (κ1) is 22.4. The Morgan fingerprint density at radius 2 is 1.67 bits per heavy atom. The van der Waals surface area contributed by atoms with E-state index in [2.05, 4.69) is 4.98 Å². The number of hydrogen-bond acceptors (Lipinski definition) is 5. The van der Waals surface area contributed by atoms with Crippen LogP contribution in [-0.4, -0.2) is 16.7 Å². The first-order valence-corrected chi connectivity index (χ1v) is 10.8. The van der Waals surface area contributed by atoms with Gasteiger partial charge in [-0.1, -0.05) is 60.2 Å². The molecule has 0 aliphatic heterocycles. The number of carbonyl (C=O) groups excluding carboxylic acids is 2. The number of nitrogens with two attached hydrogens (primary N) is 1. The molecule has 5 heteroatoms. The third-order valence-corrected chi connectivity index (χ3v) is 5.74. The van der Waals surface area contributed by atoms with E-state index in [1.54, 1.807) is 18.5 Å². The van der Waals surface area contributed by atoms with Crippen molar-refractivity contribution in [2.45, 2.75) is 32.9 Å². The van der Waals surface area contributed by atoms with Crippen molar-refractivity contribution in [1.82, 2.24) is 4.98 Å². The number of fused-ring (bicyclic) bond motifs is 1. The molecular weight excluding hydrogens is 412 g/mol. The highest BCUT2D eigenvalue weighted by Gasteiger charge is 2.17. The Labute approximate surface area is 193 Å². The SMILES string of the molecule is Cc1ccc(C(=O)OCc2ccc(C(N)C(=O)Cc3ccc4cnccc4c3)cc2)c(C)c1. The molecule has 4 aromatic rings. The molecule has 1 unspecified atom stereocenters. The maximum Gasteiger partial charge on any atom is 0.338 e. The molecule has 0 amide bonds. The van der Waals surface area contributed by atoms with Gasteiger partial charge in [0.2, 0.25) is 0 Å². The normalized spacial score (nSPS) is 11.8. The van der Waals surface area contributed by atoms with Crippen LogP contribution in [0.15, 0.2) is 79.1 Å². The second-order valence-electron chi connectivity index (χ2n) is 8.31. The van der Waals surface area contributed by atoms with Gasteiger partial charge in [-0.2, -0.15) is 0 Å². The molecule has 0 bridgehead atoms. The van der Waals surface area contributed by atoms with E-state index in [1.165, 1.54) is 0 Å². The molecule has 1 atom stereocenters. The number of rotatable bonds is 7. The topological polar surface area (TPSA) is 82.3 Å². The summed E-state index contributed by atoms with van der Waals surface area (Å²) in [7, 11) is 0. The number of benzene rings is 3. The van der Waals surface area contributed by atoms with E-state index < -0.39 is 6.04 Å². The van der Waals surface area contributed by atoms with E-state index in [0.29, 0.717) is 5.56 Å². The Hall–Kier alpha value is -3.83. The first-order valence-electron chi connectivity index (χ1n) is 10.8. The molecule has 2 N–H and O–H groups in total. The summed E-state index contributed by atoms with van der Waals surface area (Å²) in [6, 6.07) is 20.0. The lowest BCUT2D eigenvalue weighted by Crippen LogP contribution is -2.23. The van der Waals surface area contributed by atoms with Crippen molar-refractivity contribution in [2.75, 3.05) is 0 Å². The molecule has 5 nitrogen and oxygen atoms in total. The minimum Gasteiger partial charge on any atom is -0.457 e. The van der Waals surface area contributed by atoms with Gasteiger partial charge in [0.25, 0.3) is 0 Å². The van der Waals surface area contributed by atoms with E-state index >= 15 is 0 Å². The smallest absolute Gasteiger partial charge is 0.338 e. The average Bonchev–Trinajstić information content (AvgIpc) is 2.82. The summed E-state index contributed by atoms with van der Waals surface area (Å²) in [5, 5.41) is 2.08. The molecule has 3 aromatic carbocycles. The number of esters is 1. The summed E-state index contributed by atoms with van der Waals surface area (Å²) >= 11 is 0. The number of ether oxygens (including phenoxy) is 1. The van der Waals surface area contributed by atoms with Gasteiger partial charge in [-0.25, -0.2) is 4.79 Å². The lowest BCUT2D eigenvalue weighted by Gasteiger charge is -2.13. The Kier molecular flexibility index (Phi) is 6.61. The molecule has 166 valence electrons. The zero-order valence-corrected chi connectivity index (χ0v) is 18.7. The maximum absolute atomic E-state index is 12.8. The highest BCUT2D eigenvalue weighted by atomic mass is 16.5. The van der Waals surface area contributed by atoms with Crippen molar-refractivity contribution >= 4 is 22.5 Å². The molecule has 33 heavy (non-hydrogen) atoms.